The number of nitrogens with one attached hydrogen (secondary N) is 1. The van der Waals surface area contributed by atoms with Crippen LogP contribution in [0.15, 0.2) is 42.7 Å². The third-order valence-corrected chi connectivity index (χ3v) is 7.87. The fraction of sp³-hybridized carbons (Fsp3) is 0.400. The Bertz CT molecular complexity index is 1390. The van der Waals surface area contributed by atoms with Crippen molar-refractivity contribution in [1.82, 2.24) is 14.9 Å². The molecule has 1 amide bonds. The van der Waals surface area contributed by atoms with Gasteiger partial charge in [-0.2, -0.15) is 0 Å². The maximum atomic E-state index is 13.3. The van der Waals surface area contributed by atoms with Crippen LogP contribution in [-0.2, 0) is 17.8 Å². The monoisotopic (exact) mass is 543 g/mol. The van der Waals surface area contributed by atoms with Crippen LogP contribution < -0.4 is 15.6 Å². The second kappa shape index (κ2) is 11.9. The number of rotatable bonds is 2. The van der Waals surface area contributed by atoms with Crippen LogP contribution in [0.2, 0.25) is 0 Å². The minimum absolute atomic E-state index is 0.114. The minimum Gasteiger partial charge on any atom is -0.697 e. The summed E-state index contributed by atoms with van der Waals surface area (Å²) >= 11 is 0. The maximum absolute atomic E-state index is 13.3. The van der Waals surface area contributed by atoms with Gasteiger partial charge in [-0.3, -0.25) is 9.59 Å². The number of hydrogen-bond donors (Lipinski definition) is 2. The molecule has 10 heteroatoms. The molecule has 0 saturated heterocycles. The highest BCUT2D eigenvalue weighted by Crippen LogP contribution is 2.40. The van der Waals surface area contributed by atoms with Crippen molar-refractivity contribution < 1.29 is 19.4 Å². The number of amides is 1. The van der Waals surface area contributed by atoms with E-state index in [2.05, 4.69) is 9.97 Å². The topological polar surface area (TPSA) is 146 Å². The van der Waals surface area contributed by atoms with Gasteiger partial charge in [0, 0.05) is 31.2 Å². The normalized spacial score (nSPS) is 18.1. The van der Waals surface area contributed by atoms with Gasteiger partial charge in [0.25, 0.3) is 5.91 Å². The van der Waals surface area contributed by atoms with Gasteiger partial charge in [-0.1, -0.05) is 36.2 Å². The van der Waals surface area contributed by atoms with Crippen molar-refractivity contribution in [1.29, 1.82) is 0 Å². The Morgan fingerprint density at radius 3 is 2.70 bits per heavy atom. The molecule has 6 heterocycles. The summed E-state index contributed by atoms with van der Waals surface area (Å²) in [6.45, 7) is 3.92. The number of nitrogens with zero attached hydrogens (tertiary/aromatic N) is 4. The molecule has 5 aliphatic rings. The van der Waals surface area contributed by atoms with E-state index in [-0.39, 0.29) is 18.0 Å². The Balaban J connectivity index is 1.52. The smallest absolute Gasteiger partial charge is 0.304 e. The Morgan fingerprint density at radius 2 is 1.93 bits per heavy atom. The van der Waals surface area contributed by atoms with Crippen LogP contribution in [-0.4, -0.2) is 51.5 Å². The van der Waals surface area contributed by atoms with E-state index in [1.54, 1.807) is 9.91 Å². The molecule has 10 nitrogen and oxygen atoms in total. The number of aliphatic carboxylic acids is 1. The molecular weight excluding hydrogens is 508 g/mol. The molecule has 3 aromatic rings. The van der Waals surface area contributed by atoms with Crippen LogP contribution in [0.4, 0.5) is 11.4 Å². The number of hydrogen-bond acceptors (Lipinski definition) is 7. The predicted octanol–water partition coefficient (Wildman–Crippen LogP) is 4.91. The number of benzene rings is 2. The largest absolute Gasteiger partial charge is 0.697 e. The van der Waals surface area contributed by atoms with E-state index >= 15 is 0 Å². The predicted molar refractivity (Wildman–Crippen MR) is 152 cm³/mol. The van der Waals surface area contributed by atoms with E-state index in [1.165, 1.54) is 12.4 Å². The van der Waals surface area contributed by atoms with E-state index in [1.807, 2.05) is 37.3 Å². The van der Waals surface area contributed by atoms with Gasteiger partial charge in [0.15, 0.2) is 0 Å². The zero-order valence-electron chi connectivity index (χ0n) is 22.7. The van der Waals surface area contributed by atoms with E-state index in [4.69, 9.17) is 16.3 Å². The second-order valence-corrected chi connectivity index (χ2v) is 10.5. The van der Waals surface area contributed by atoms with Crippen molar-refractivity contribution >= 4 is 23.3 Å². The molecule has 7 bridgehead atoms. The molecule has 1 unspecified atom stereocenters. The van der Waals surface area contributed by atoms with Crippen molar-refractivity contribution in [3.05, 3.63) is 82.0 Å². The lowest BCUT2D eigenvalue weighted by Crippen LogP contribution is -2.36. The molecule has 8 rings (SSSR count). The fourth-order valence-electron chi connectivity index (χ4n) is 5.58. The van der Waals surface area contributed by atoms with Crippen LogP contribution in [0.3, 0.4) is 0 Å². The number of carbonyl (C=O) groups is 2. The van der Waals surface area contributed by atoms with Crippen molar-refractivity contribution in [2.24, 2.45) is 5.84 Å². The van der Waals surface area contributed by atoms with Gasteiger partial charge in [-0.15, -0.1) is 5.69 Å². The highest BCUT2D eigenvalue weighted by molar-refractivity contribution is 5.92. The summed E-state index contributed by atoms with van der Waals surface area (Å²) in [4.78, 5) is 35.6. The quantitative estimate of drug-likeness (QED) is 0.434. The van der Waals surface area contributed by atoms with Crippen molar-refractivity contribution in [3.8, 4) is 5.88 Å². The number of carboxylic acids is 1. The molecule has 0 radical (unpaired) electrons. The van der Waals surface area contributed by atoms with Gasteiger partial charge in [0.2, 0.25) is 5.88 Å². The van der Waals surface area contributed by atoms with E-state index in [0.717, 1.165) is 47.9 Å². The number of carboxylic acid groups (broad SMARTS) is 1. The first kappa shape index (κ1) is 27.4. The minimum atomic E-state index is -0.918. The summed E-state index contributed by atoms with van der Waals surface area (Å²) in [5.41, 5.74) is 14.5. The molecular formula is C30H35N6O4-. The zero-order chi connectivity index (χ0) is 28.2. The number of carbonyl (C=O) groups excluding carboxylic acids is 1. The van der Waals surface area contributed by atoms with E-state index < -0.39 is 11.9 Å². The molecule has 0 spiro atoms. The Kier molecular flexibility index (Phi) is 8.16. The van der Waals surface area contributed by atoms with Gasteiger partial charge in [0.1, 0.15) is 5.69 Å². The third kappa shape index (κ3) is 5.86. The van der Waals surface area contributed by atoms with Gasteiger partial charge in [0.05, 0.1) is 25.4 Å². The standard InChI is InChI=1S/C30H35N6O4/c1-19-23-8-9-26(29(19)31)36(32)11-4-2-3-5-13-40-27-17-33-25(16-34-27)30(39)35-12-10-20-6-7-21(14-22(20)18-35)24(23)15-28(37)38/h6-9,14,16-17,24,31H,2-5,10-13,15,18,32H2,1H3,(H,37,38)/q-1. The van der Waals surface area contributed by atoms with Crippen LogP contribution in [0.5, 0.6) is 5.88 Å². The van der Waals surface area contributed by atoms with Crippen molar-refractivity contribution in [2.75, 3.05) is 24.7 Å². The lowest BCUT2D eigenvalue weighted by molar-refractivity contribution is -0.137. The molecule has 5 aliphatic heterocycles. The average molecular weight is 544 g/mol. The van der Waals surface area contributed by atoms with Gasteiger partial charge in [-0.05, 0) is 60.9 Å². The number of nitrogens with two attached hydrogens (primary N) is 1. The first-order valence-electron chi connectivity index (χ1n) is 13.8. The van der Waals surface area contributed by atoms with Crippen LogP contribution in [0.1, 0.15) is 76.3 Å². The Hall–Kier alpha value is -4.18. The lowest BCUT2D eigenvalue weighted by Gasteiger charge is -2.31. The highest BCUT2D eigenvalue weighted by atomic mass is 16.5. The van der Waals surface area contributed by atoms with Crippen LogP contribution >= 0.6 is 0 Å². The Morgan fingerprint density at radius 1 is 1.10 bits per heavy atom. The molecule has 0 aliphatic carbocycles. The summed E-state index contributed by atoms with van der Waals surface area (Å²) in [5, 5.41) is 11.4. The molecule has 2 aromatic carbocycles. The summed E-state index contributed by atoms with van der Waals surface area (Å²) in [7, 11) is 0. The first-order valence-corrected chi connectivity index (χ1v) is 13.8. The highest BCUT2D eigenvalue weighted by Gasteiger charge is 2.26. The molecule has 0 saturated carbocycles. The summed E-state index contributed by atoms with van der Waals surface area (Å²) in [5.74, 6) is 5.18. The maximum Gasteiger partial charge on any atom is 0.304 e. The van der Waals surface area contributed by atoms with Crippen molar-refractivity contribution in [3.63, 3.8) is 0 Å². The second-order valence-electron chi connectivity index (χ2n) is 10.5. The molecule has 0 fully saturated rings. The van der Waals surface area contributed by atoms with E-state index in [0.29, 0.717) is 55.5 Å². The molecule has 1 atom stereocenters. The van der Waals surface area contributed by atoms with Crippen LogP contribution in [0, 0.1) is 6.92 Å². The molecule has 4 N–H and O–H groups in total. The lowest BCUT2D eigenvalue weighted by atomic mass is 9.83. The number of anilines is 1. The number of aromatic nitrogens is 2. The van der Waals surface area contributed by atoms with Crippen LogP contribution in [0.25, 0.3) is 5.73 Å². The number of hydrazine groups is 1. The summed E-state index contributed by atoms with van der Waals surface area (Å²) in [6, 6.07) is 9.74. The molecule has 40 heavy (non-hydrogen) atoms. The summed E-state index contributed by atoms with van der Waals surface area (Å²) < 4.78 is 5.71. The first-order chi connectivity index (χ1) is 19.3. The van der Waals surface area contributed by atoms with Gasteiger partial charge >= 0.3 is 5.97 Å². The third-order valence-electron chi connectivity index (χ3n) is 7.87. The van der Waals surface area contributed by atoms with Gasteiger partial charge < -0.3 is 25.5 Å². The average Bonchev–Trinajstić information content (AvgIpc) is 2.95. The molecule has 210 valence electrons. The summed E-state index contributed by atoms with van der Waals surface area (Å²) in [6.07, 6.45) is 7.15. The Labute approximate surface area is 233 Å². The SMILES string of the molecule is Cc1c2ccc(c1[NH-])N(N)CCCCCCOc1cnc(cn1)C(=O)N1CCc3ccc(cc3C1)C2CC(=O)O. The van der Waals surface area contributed by atoms with Crippen molar-refractivity contribution in [2.45, 2.75) is 57.9 Å². The molecule has 1 aromatic heterocycles. The van der Waals surface area contributed by atoms with Gasteiger partial charge in [-0.25, -0.2) is 15.8 Å². The zero-order valence-corrected chi connectivity index (χ0v) is 22.7. The fourth-order valence-corrected chi connectivity index (χ4v) is 5.58. The van der Waals surface area contributed by atoms with E-state index in [9.17, 15) is 14.7 Å². The number of ether oxygens (including phenoxy) is 1.